The third kappa shape index (κ3) is 3.18. The van der Waals surface area contributed by atoms with Gasteiger partial charge in [0.05, 0.1) is 11.1 Å². The van der Waals surface area contributed by atoms with Gasteiger partial charge in [0.25, 0.3) is 0 Å². The summed E-state index contributed by atoms with van der Waals surface area (Å²) in [6, 6.07) is 9.54. The van der Waals surface area contributed by atoms with Crippen LogP contribution < -0.4 is 5.32 Å². The molecular weight excluding hydrogens is 414 g/mol. The monoisotopic (exact) mass is 435 g/mol. The van der Waals surface area contributed by atoms with E-state index in [9.17, 15) is 4.79 Å². The van der Waals surface area contributed by atoms with Crippen LogP contribution in [0.5, 0.6) is 0 Å². The lowest BCUT2D eigenvalue weighted by atomic mass is 9.97. The van der Waals surface area contributed by atoms with Crippen molar-refractivity contribution in [2.45, 2.75) is 49.6 Å². The molecule has 0 unspecified atom stereocenters. The highest BCUT2D eigenvalue weighted by Gasteiger charge is 2.32. The second kappa shape index (κ2) is 7.35. The summed E-state index contributed by atoms with van der Waals surface area (Å²) in [6.45, 7) is 0. The van der Waals surface area contributed by atoms with Crippen molar-refractivity contribution in [1.29, 1.82) is 0 Å². The molecule has 2 aliphatic carbocycles. The van der Waals surface area contributed by atoms with Crippen LogP contribution in [0.15, 0.2) is 35.5 Å². The molecule has 1 saturated carbocycles. The number of hydrogen-bond acceptors (Lipinski definition) is 6. The van der Waals surface area contributed by atoms with Crippen LogP contribution in [0.3, 0.4) is 0 Å². The van der Waals surface area contributed by atoms with Crippen molar-refractivity contribution in [3.63, 3.8) is 0 Å². The number of anilines is 1. The first-order valence-electron chi connectivity index (χ1n) is 10.4. The van der Waals surface area contributed by atoms with Crippen LogP contribution in [0.1, 0.15) is 47.9 Å². The zero-order chi connectivity index (χ0) is 20.1. The number of thioether (sulfide) groups is 1. The van der Waals surface area contributed by atoms with E-state index < -0.39 is 0 Å². The Morgan fingerprint density at radius 2 is 2.00 bits per heavy atom. The molecule has 6 rings (SSSR count). The first-order chi connectivity index (χ1) is 14.8. The highest BCUT2D eigenvalue weighted by atomic mass is 32.2. The second-order valence-corrected chi connectivity index (χ2v) is 10.0. The number of aryl methyl sites for hydroxylation is 2. The number of carbonyl (C=O) groups excluding carboxylic acids is 1. The fourth-order valence-corrected chi connectivity index (χ4v) is 6.21. The molecule has 3 heterocycles. The van der Waals surface area contributed by atoms with E-state index in [1.165, 1.54) is 40.4 Å². The van der Waals surface area contributed by atoms with Crippen LogP contribution in [-0.2, 0) is 17.6 Å². The van der Waals surface area contributed by atoms with Crippen LogP contribution in [0, 0.1) is 0 Å². The summed E-state index contributed by atoms with van der Waals surface area (Å²) < 4.78 is 2.13. The molecule has 1 aromatic carbocycles. The quantitative estimate of drug-likeness (QED) is 0.455. The summed E-state index contributed by atoms with van der Waals surface area (Å²) in [6.07, 6.45) is 7.06. The molecular formula is C22H21N5OS2. The highest BCUT2D eigenvalue weighted by molar-refractivity contribution is 7.99. The zero-order valence-electron chi connectivity index (χ0n) is 16.4. The molecule has 0 saturated heterocycles. The average molecular weight is 436 g/mol. The first kappa shape index (κ1) is 18.3. The predicted molar refractivity (Wildman–Crippen MR) is 121 cm³/mol. The molecule has 0 bridgehead atoms. The average Bonchev–Trinajstić information content (AvgIpc) is 3.42. The minimum atomic E-state index is -0.0436. The number of hydrogen-bond donors (Lipinski definition) is 1. The van der Waals surface area contributed by atoms with Crippen LogP contribution in [0.4, 0.5) is 5.69 Å². The summed E-state index contributed by atoms with van der Waals surface area (Å²) in [5, 5.41) is 14.0. The molecule has 3 aromatic heterocycles. The van der Waals surface area contributed by atoms with Crippen molar-refractivity contribution < 1.29 is 4.79 Å². The van der Waals surface area contributed by atoms with Crippen LogP contribution >= 0.6 is 23.1 Å². The molecule has 0 spiro atoms. The Morgan fingerprint density at radius 3 is 2.83 bits per heavy atom. The topological polar surface area (TPSA) is 72.2 Å². The predicted octanol–water partition coefficient (Wildman–Crippen LogP) is 4.83. The van der Waals surface area contributed by atoms with Crippen molar-refractivity contribution in [2.75, 3.05) is 11.1 Å². The molecule has 8 heteroatoms. The molecule has 0 aliphatic heterocycles. The molecule has 0 atom stereocenters. The van der Waals surface area contributed by atoms with Gasteiger partial charge in [-0.3, -0.25) is 9.20 Å². The fraction of sp³-hybridized carbons (Fsp3) is 0.364. The summed E-state index contributed by atoms with van der Waals surface area (Å²) in [5.74, 6) is 1.79. The van der Waals surface area contributed by atoms with Gasteiger partial charge in [0.2, 0.25) is 5.91 Å². The van der Waals surface area contributed by atoms with Crippen molar-refractivity contribution in [2.24, 2.45) is 0 Å². The van der Waals surface area contributed by atoms with Crippen LogP contribution in [-0.4, -0.2) is 31.2 Å². The molecule has 152 valence electrons. The Morgan fingerprint density at radius 1 is 1.17 bits per heavy atom. The number of nitrogens with one attached hydrogen (secondary N) is 1. The van der Waals surface area contributed by atoms with Gasteiger partial charge in [-0.1, -0.05) is 30.0 Å². The lowest BCUT2D eigenvalue weighted by Crippen LogP contribution is -2.14. The number of fused-ring (bicyclic) bond motifs is 5. The van der Waals surface area contributed by atoms with Crippen LogP contribution in [0.2, 0.25) is 0 Å². The SMILES string of the molecule is O=C(CSc1nnc2c3c4c(sc3nc(C3CC3)n12)CCCC4)Nc1ccccc1. The maximum atomic E-state index is 12.4. The fourth-order valence-electron chi connectivity index (χ4n) is 4.21. The molecule has 1 N–H and O–H groups in total. The Bertz CT molecular complexity index is 1260. The Hall–Kier alpha value is -2.45. The van der Waals surface area contributed by atoms with E-state index in [1.807, 2.05) is 41.7 Å². The van der Waals surface area contributed by atoms with E-state index in [2.05, 4.69) is 19.9 Å². The van der Waals surface area contributed by atoms with Gasteiger partial charge in [0.1, 0.15) is 10.7 Å². The molecule has 0 radical (unpaired) electrons. The Kier molecular flexibility index (Phi) is 4.49. The maximum Gasteiger partial charge on any atom is 0.234 e. The molecule has 6 nitrogen and oxygen atoms in total. The van der Waals surface area contributed by atoms with Crippen molar-refractivity contribution >= 4 is 50.6 Å². The van der Waals surface area contributed by atoms with E-state index in [1.54, 1.807) is 0 Å². The van der Waals surface area contributed by atoms with Gasteiger partial charge in [0, 0.05) is 16.5 Å². The Balaban J connectivity index is 1.36. The van der Waals surface area contributed by atoms with Crippen molar-refractivity contribution in [3.05, 3.63) is 46.6 Å². The van der Waals surface area contributed by atoms with E-state index in [4.69, 9.17) is 4.98 Å². The van der Waals surface area contributed by atoms with E-state index >= 15 is 0 Å². The minimum absolute atomic E-state index is 0.0436. The number of rotatable bonds is 5. The highest BCUT2D eigenvalue weighted by Crippen LogP contribution is 2.44. The third-order valence-corrected chi connectivity index (χ3v) is 7.90. The minimum Gasteiger partial charge on any atom is -0.325 e. The number of para-hydroxylation sites is 1. The van der Waals surface area contributed by atoms with E-state index in [0.717, 1.165) is 52.8 Å². The van der Waals surface area contributed by atoms with Gasteiger partial charge >= 0.3 is 0 Å². The molecule has 30 heavy (non-hydrogen) atoms. The number of amides is 1. The lowest BCUT2D eigenvalue weighted by Gasteiger charge is -2.11. The van der Waals surface area contributed by atoms with Crippen LogP contribution in [0.25, 0.3) is 15.9 Å². The smallest absolute Gasteiger partial charge is 0.234 e. The zero-order valence-corrected chi connectivity index (χ0v) is 18.1. The van der Waals surface area contributed by atoms with Gasteiger partial charge in [0.15, 0.2) is 10.8 Å². The molecule has 2 aliphatic rings. The largest absolute Gasteiger partial charge is 0.325 e. The van der Waals surface area contributed by atoms with Gasteiger partial charge < -0.3 is 5.32 Å². The van der Waals surface area contributed by atoms with Gasteiger partial charge in [-0.15, -0.1) is 21.5 Å². The summed E-state index contributed by atoms with van der Waals surface area (Å²) in [5.41, 5.74) is 3.15. The Labute approximate surface area is 182 Å². The molecule has 4 aromatic rings. The number of benzene rings is 1. The normalized spacial score (nSPS) is 16.1. The summed E-state index contributed by atoms with van der Waals surface area (Å²) in [4.78, 5) is 20.1. The van der Waals surface area contributed by atoms with E-state index in [0.29, 0.717) is 11.7 Å². The van der Waals surface area contributed by atoms with Gasteiger partial charge in [-0.25, -0.2) is 4.98 Å². The number of nitrogens with zero attached hydrogens (tertiary/aromatic N) is 4. The number of carbonyl (C=O) groups is 1. The van der Waals surface area contributed by atoms with E-state index in [-0.39, 0.29) is 5.91 Å². The van der Waals surface area contributed by atoms with Gasteiger partial charge in [-0.05, 0) is 56.2 Å². The molecule has 1 fully saturated rings. The molecule has 1 amide bonds. The first-order valence-corrected chi connectivity index (χ1v) is 12.2. The summed E-state index contributed by atoms with van der Waals surface area (Å²) in [7, 11) is 0. The third-order valence-electron chi connectivity index (χ3n) is 5.79. The van der Waals surface area contributed by atoms with Gasteiger partial charge in [-0.2, -0.15) is 0 Å². The van der Waals surface area contributed by atoms with Crippen molar-refractivity contribution in [3.8, 4) is 0 Å². The number of aromatic nitrogens is 4. The van der Waals surface area contributed by atoms with Crippen molar-refractivity contribution in [1.82, 2.24) is 19.6 Å². The second-order valence-electron chi connectivity index (χ2n) is 7.98. The maximum absolute atomic E-state index is 12.4. The number of thiophene rings is 1. The lowest BCUT2D eigenvalue weighted by molar-refractivity contribution is -0.113. The standard InChI is InChI=1S/C22H21N5OS2/c28-17(23-14-6-2-1-3-7-14)12-29-22-26-25-20-18-15-8-4-5-9-16(15)30-21(18)24-19(27(20)22)13-10-11-13/h1-3,6-7,13H,4-5,8-12H2,(H,23,28). The summed E-state index contributed by atoms with van der Waals surface area (Å²) >= 11 is 3.27.